The molecule has 1 aromatic carbocycles. The van der Waals surface area contributed by atoms with Gasteiger partial charge in [0.25, 0.3) is 0 Å². The molecule has 4 heteroatoms. The minimum atomic E-state index is -1.22. The Kier molecular flexibility index (Phi) is 3.55. The maximum Gasteiger partial charge on any atom is 0.235 e. The Labute approximate surface area is 93.7 Å². The zero-order valence-electron chi connectivity index (χ0n) is 9.21. The van der Waals surface area contributed by atoms with Crippen molar-refractivity contribution in [2.24, 2.45) is 0 Å². The van der Waals surface area contributed by atoms with Crippen LogP contribution in [0.1, 0.15) is 24.2 Å². The smallest absolute Gasteiger partial charge is 0.235 e. The summed E-state index contributed by atoms with van der Waals surface area (Å²) in [5.41, 5.74) is -0.692. The summed E-state index contributed by atoms with van der Waals surface area (Å²) >= 11 is 0. The van der Waals surface area contributed by atoms with E-state index in [9.17, 15) is 14.9 Å². The number of nitrogens with zero attached hydrogens (tertiary/aromatic N) is 1. The van der Waals surface area contributed by atoms with Crippen LogP contribution in [-0.2, 0) is 0 Å². The Morgan fingerprint density at radius 2 is 1.88 bits per heavy atom. The van der Waals surface area contributed by atoms with Gasteiger partial charge in [-0.1, -0.05) is 30.3 Å². The van der Waals surface area contributed by atoms with E-state index in [0.29, 0.717) is 5.56 Å². The van der Waals surface area contributed by atoms with Crippen molar-refractivity contribution in [1.29, 1.82) is 0 Å². The average molecular weight is 219 g/mol. The zero-order valence-corrected chi connectivity index (χ0v) is 9.21. The highest BCUT2D eigenvalue weighted by Crippen LogP contribution is 2.10. The summed E-state index contributed by atoms with van der Waals surface area (Å²) in [5.74, 6) is -0.226. The lowest BCUT2D eigenvalue weighted by Gasteiger charge is -2.09. The number of carbonyl (C=O) groups excluding carboxylic acids is 1. The maximum atomic E-state index is 11.6. The van der Waals surface area contributed by atoms with Crippen molar-refractivity contribution in [3.63, 3.8) is 0 Å². The van der Waals surface area contributed by atoms with Crippen molar-refractivity contribution in [2.75, 3.05) is 0 Å². The quantitative estimate of drug-likeness (QED) is 0.338. The molecule has 1 rings (SSSR count). The molecule has 0 saturated heterocycles. The summed E-state index contributed by atoms with van der Waals surface area (Å²) in [6, 6.07) is 8.65. The van der Waals surface area contributed by atoms with Crippen LogP contribution in [0.5, 0.6) is 0 Å². The molecule has 0 bridgehead atoms. The lowest BCUT2D eigenvalue weighted by Crippen LogP contribution is -2.28. The molecule has 4 nitrogen and oxygen atoms in total. The molecule has 1 aromatic rings. The molecule has 0 aliphatic carbocycles. The van der Waals surface area contributed by atoms with Gasteiger partial charge in [-0.15, -0.1) is 0 Å². The molecule has 0 aromatic heterocycles. The van der Waals surface area contributed by atoms with Gasteiger partial charge < -0.3 is 0 Å². The second kappa shape index (κ2) is 4.70. The average Bonchev–Trinajstić information content (AvgIpc) is 2.27. The normalized spacial score (nSPS) is 11.6. The first-order valence-electron chi connectivity index (χ1n) is 4.86. The highest BCUT2D eigenvalue weighted by molar-refractivity contribution is 6.04. The third-order valence-electron chi connectivity index (χ3n) is 2.17. The summed E-state index contributed by atoms with van der Waals surface area (Å²) in [6.45, 7) is 2.89. The Morgan fingerprint density at radius 1 is 1.31 bits per heavy atom. The van der Waals surface area contributed by atoms with E-state index in [2.05, 4.69) is 0 Å². The van der Waals surface area contributed by atoms with Crippen LogP contribution < -0.4 is 0 Å². The third-order valence-corrected chi connectivity index (χ3v) is 2.17. The molecule has 0 spiro atoms. The van der Waals surface area contributed by atoms with Crippen LogP contribution in [0.4, 0.5) is 0 Å². The van der Waals surface area contributed by atoms with Crippen LogP contribution >= 0.6 is 0 Å². The third kappa shape index (κ3) is 3.02. The van der Waals surface area contributed by atoms with Gasteiger partial charge >= 0.3 is 0 Å². The van der Waals surface area contributed by atoms with E-state index in [-0.39, 0.29) is 5.78 Å². The van der Waals surface area contributed by atoms with Crippen molar-refractivity contribution >= 4 is 5.78 Å². The molecule has 16 heavy (non-hydrogen) atoms. The van der Waals surface area contributed by atoms with E-state index in [4.69, 9.17) is 0 Å². The Balaban J connectivity index is 2.80. The van der Waals surface area contributed by atoms with E-state index in [1.807, 2.05) is 0 Å². The molecular formula is C12H13NO3. The van der Waals surface area contributed by atoms with Crippen molar-refractivity contribution in [3.05, 3.63) is 58.2 Å². The number of nitro groups is 1. The monoisotopic (exact) mass is 219 g/mol. The van der Waals surface area contributed by atoms with Gasteiger partial charge in [0.15, 0.2) is 5.78 Å². The van der Waals surface area contributed by atoms with E-state index < -0.39 is 10.5 Å². The van der Waals surface area contributed by atoms with Crippen LogP contribution in [0.25, 0.3) is 0 Å². The molecule has 0 radical (unpaired) electrons. The standard InChI is InChI=1S/C12H13NO3/c1-12(2,13(15)16)9-8-11(14)10-6-4-3-5-7-10/h3-9H,1-2H3. The molecule has 0 fully saturated rings. The van der Waals surface area contributed by atoms with Crippen LogP contribution in [-0.4, -0.2) is 16.2 Å². The van der Waals surface area contributed by atoms with Gasteiger partial charge in [-0.05, 0) is 12.2 Å². The number of benzene rings is 1. The van der Waals surface area contributed by atoms with E-state index >= 15 is 0 Å². The predicted octanol–water partition coefficient (Wildman–Crippen LogP) is 2.48. The molecule has 0 aliphatic rings. The van der Waals surface area contributed by atoms with Gasteiger partial charge in [0, 0.05) is 24.3 Å². The highest BCUT2D eigenvalue weighted by atomic mass is 16.6. The van der Waals surface area contributed by atoms with Gasteiger partial charge in [0.05, 0.1) is 0 Å². The summed E-state index contributed by atoms with van der Waals surface area (Å²) < 4.78 is 0. The fourth-order valence-electron chi connectivity index (χ4n) is 1.04. The van der Waals surface area contributed by atoms with Gasteiger partial charge in [0.1, 0.15) is 0 Å². The fourth-order valence-corrected chi connectivity index (χ4v) is 1.04. The number of carbonyl (C=O) groups is 1. The highest BCUT2D eigenvalue weighted by Gasteiger charge is 2.26. The molecule has 0 aliphatic heterocycles. The van der Waals surface area contributed by atoms with E-state index in [0.717, 1.165) is 0 Å². The van der Waals surface area contributed by atoms with Crippen molar-refractivity contribution in [3.8, 4) is 0 Å². The summed E-state index contributed by atoms with van der Waals surface area (Å²) in [6.07, 6.45) is 2.56. The van der Waals surface area contributed by atoms with Gasteiger partial charge in [0.2, 0.25) is 5.54 Å². The summed E-state index contributed by atoms with van der Waals surface area (Å²) in [5, 5.41) is 10.6. The van der Waals surface area contributed by atoms with E-state index in [1.165, 1.54) is 26.0 Å². The predicted molar refractivity (Wildman–Crippen MR) is 61.0 cm³/mol. The molecule has 0 atom stereocenters. The molecular weight excluding hydrogens is 206 g/mol. The summed E-state index contributed by atoms with van der Waals surface area (Å²) in [7, 11) is 0. The first kappa shape index (κ1) is 12.1. The first-order valence-corrected chi connectivity index (χ1v) is 4.86. The Hall–Kier alpha value is -1.97. The van der Waals surface area contributed by atoms with Gasteiger partial charge in [-0.3, -0.25) is 14.9 Å². The molecule has 0 saturated carbocycles. The van der Waals surface area contributed by atoms with Crippen LogP contribution in [0.2, 0.25) is 0 Å². The molecule has 0 unspecified atom stereocenters. The number of hydrogen-bond donors (Lipinski definition) is 0. The van der Waals surface area contributed by atoms with Crippen LogP contribution in [0.3, 0.4) is 0 Å². The zero-order chi connectivity index (χ0) is 12.2. The molecule has 0 amide bonds. The van der Waals surface area contributed by atoms with Crippen LogP contribution in [0, 0.1) is 10.1 Å². The Bertz CT molecular complexity index is 421. The lowest BCUT2D eigenvalue weighted by atomic mass is 10.0. The second-order valence-corrected chi connectivity index (χ2v) is 3.97. The number of hydrogen-bond acceptors (Lipinski definition) is 3. The first-order chi connectivity index (χ1) is 7.43. The van der Waals surface area contributed by atoms with Crippen LogP contribution in [0.15, 0.2) is 42.5 Å². The van der Waals surface area contributed by atoms with Gasteiger partial charge in [-0.25, -0.2) is 0 Å². The molecule has 0 heterocycles. The second-order valence-electron chi connectivity index (χ2n) is 3.97. The van der Waals surface area contributed by atoms with E-state index in [1.54, 1.807) is 30.3 Å². The topological polar surface area (TPSA) is 60.2 Å². The molecule has 84 valence electrons. The number of rotatable bonds is 4. The Morgan fingerprint density at radius 3 is 2.38 bits per heavy atom. The van der Waals surface area contributed by atoms with Crippen molar-refractivity contribution in [1.82, 2.24) is 0 Å². The largest absolute Gasteiger partial charge is 0.289 e. The minimum Gasteiger partial charge on any atom is -0.289 e. The number of ketones is 1. The summed E-state index contributed by atoms with van der Waals surface area (Å²) in [4.78, 5) is 21.8. The molecule has 0 N–H and O–H groups in total. The lowest BCUT2D eigenvalue weighted by molar-refractivity contribution is -0.545. The van der Waals surface area contributed by atoms with Crippen molar-refractivity contribution in [2.45, 2.75) is 19.4 Å². The maximum absolute atomic E-state index is 11.6. The minimum absolute atomic E-state index is 0.226. The van der Waals surface area contributed by atoms with Gasteiger partial charge in [-0.2, -0.15) is 0 Å². The van der Waals surface area contributed by atoms with Crippen molar-refractivity contribution < 1.29 is 9.72 Å². The number of allylic oxidation sites excluding steroid dienone is 1. The fraction of sp³-hybridized carbons (Fsp3) is 0.250. The SMILES string of the molecule is CC(C)(C=CC(=O)c1ccccc1)[N+](=O)[O-].